The van der Waals surface area contributed by atoms with Crippen LogP contribution >= 0.6 is 15.9 Å². The van der Waals surface area contributed by atoms with Crippen molar-refractivity contribution >= 4 is 15.9 Å². The number of benzene rings is 1. The minimum absolute atomic E-state index is 0.114. The van der Waals surface area contributed by atoms with E-state index in [1.807, 2.05) is 40.0 Å². The predicted molar refractivity (Wildman–Crippen MR) is 78.1 cm³/mol. The maximum absolute atomic E-state index is 5.75. The third-order valence-corrected chi connectivity index (χ3v) is 2.76. The lowest BCUT2D eigenvalue weighted by Crippen LogP contribution is -2.22. The fourth-order valence-corrected chi connectivity index (χ4v) is 1.93. The van der Waals surface area contributed by atoms with E-state index in [9.17, 15) is 0 Å². The lowest BCUT2D eigenvalue weighted by atomic mass is 10.2. The van der Waals surface area contributed by atoms with Crippen molar-refractivity contribution in [3.05, 3.63) is 28.2 Å². The van der Waals surface area contributed by atoms with Crippen LogP contribution in [0, 0.1) is 0 Å². The molecule has 0 unspecified atom stereocenters. The summed E-state index contributed by atoms with van der Waals surface area (Å²) in [6, 6.07) is 6.03. The minimum Gasteiger partial charge on any atom is -0.491 e. The zero-order chi connectivity index (χ0) is 13.6. The molecule has 1 aromatic rings. The Kier molecular flexibility index (Phi) is 6.12. The second-order valence-electron chi connectivity index (χ2n) is 5.09. The molecule has 102 valence electrons. The van der Waals surface area contributed by atoms with Gasteiger partial charge in [0.1, 0.15) is 12.4 Å². The molecule has 1 aromatic carbocycles. The molecule has 1 N–H and O–H groups in total. The van der Waals surface area contributed by atoms with Gasteiger partial charge in [-0.2, -0.15) is 0 Å². The molecule has 0 amide bonds. The number of hydrogen-bond acceptors (Lipinski definition) is 3. The van der Waals surface area contributed by atoms with Crippen LogP contribution in [0.15, 0.2) is 22.7 Å². The average molecular weight is 316 g/mol. The molecule has 4 heteroatoms. The van der Waals surface area contributed by atoms with Crippen LogP contribution in [0.25, 0.3) is 0 Å². The molecule has 1 rings (SSSR count). The first kappa shape index (κ1) is 15.5. The predicted octanol–water partition coefficient (Wildman–Crippen LogP) is 3.36. The van der Waals surface area contributed by atoms with E-state index in [1.165, 1.54) is 0 Å². The van der Waals surface area contributed by atoms with Crippen LogP contribution in [0.2, 0.25) is 0 Å². The second-order valence-corrected chi connectivity index (χ2v) is 6.01. The maximum Gasteiger partial charge on any atom is 0.123 e. The molecular weight excluding hydrogens is 294 g/mol. The van der Waals surface area contributed by atoms with Gasteiger partial charge in [0.25, 0.3) is 0 Å². The van der Waals surface area contributed by atoms with Gasteiger partial charge in [-0.15, -0.1) is 0 Å². The fraction of sp³-hybridized carbons (Fsp3) is 0.571. The highest BCUT2D eigenvalue weighted by molar-refractivity contribution is 9.10. The normalized spacial score (nSPS) is 11.6. The van der Waals surface area contributed by atoms with Gasteiger partial charge in [0.2, 0.25) is 0 Å². The second kappa shape index (κ2) is 7.12. The zero-order valence-electron chi connectivity index (χ0n) is 11.5. The molecule has 0 saturated heterocycles. The molecular formula is C14H22BrNO2. The number of rotatable bonds is 6. The SMILES string of the molecule is CNCc1cc(Br)ccc1OCCOC(C)(C)C. The summed E-state index contributed by atoms with van der Waals surface area (Å²) in [4.78, 5) is 0. The highest BCUT2D eigenvalue weighted by Crippen LogP contribution is 2.23. The first-order valence-electron chi connectivity index (χ1n) is 6.12. The van der Waals surface area contributed by atoms with E-state index in [2.05, 4.69) is 27.3 Å². The van der Waals surface area contributed by atoms with Crippen molar-refractivity contribution in [3.63, 3.8) is 0 Å². The van der Waals surface area contributed by atoms with E-state index < -0.39 is 0 Å². The quantitative estimate of drug-likeness (QED) is 0.816. The zero-order valence-corrected chi connectivity index (χ0v) is 13.1. The Bertz CT molecular complexity index is 375. The number of nitrogens with one attached hydrogen (secondary N) is 1. The molecule has 0 aliphatic heterocycles. The Morgan fingerprint density at radius 2 is 1.94 bits per heavy atom. The molecule has 0 aliphatic rings. The highest BCUT2D eigenvalue weighted by Gasteiger charge is 2.10. The van der Waals surface area contributed by atoms with Gasteiger partial charge < -0.3 is 14.8 Å². The molecule has 0 radical (unpaired) electrons. The molecule has 0 fully saturated rings. The van der Waals surface area contributed by atoms with E-state index >= 15 is 0 Å². The van der Waals surface area contributed by atoms with E-state index in [0.29, 0.717) is 13.2 Å². The summed E-state index contributed by atoms with van der Waals surface area (Å²) in [6.07, 6.45) is 0. The van der Waals surface area contributed by atoms with Gasteiger partial charge in [-0.1, -0.05) is 15.9 Å². The summed E-state index contributed by atoms with van der Waals surface area (Å²) < 4.78 is 12.4. The van der Waals surface area contributed by atoms with Gasteiger partial charge in [0.05, 0.1) is 12.2 Å². The van der Waals surface area contributed by atoms with Gasteiger partial charge in [0, 0.05) is 16.6 Å². The van der Waals surface area contributed by atoms with Crippen LogP contribution in [-0.4, -0.2) is 25.9 Å². The summed E-state index contributed by atoms with van der Waals surface area (Å²) in [7, 11) is 1.92. The van der Waals surface area contributed by atoms with Gasteiger partial charge in [0.15, 0.2) is 0 Å². The van der Waals surface area contributed by atoms with Gasteiger partial charge in [-0.05, 0) is 46.0 Å². The van der Waals surface area contributed by atoms with Crippen molar-refractivity contribution in [2.45, 2.75) is 32.9 Å². The largest absolute Gasteiger partial charge is 0.491 e. The molecule has 0 aliphatic carbocycles. The summed E-state index contributed by atoms with van der Waals surface area (Å²) in [5.74, 6) is 0.907. The van der Waals surface area contributed by atoms with Crippen molar-refractivity contribution in [2.24, 2.45) is 0 Å². The molecule has 0 spiro atoms. The molecule has 0 heterocycles. The van der Waals surface area contributed by atoms with Gasteiger partial charge in [-0.25, -0.2) is 0 Å². The van der Waals surface area contributed by atoms with Gasteiger partial charge >= 0.3 is 0 Å². The molecule has 0 atom stereocenters. The number of ether oxygens (including phenoxy) is 2. The van der Waals surface area contributed by atoms with E-state index in [0.717, 1.165) is 22.3 Å². The Morgan fingerprint density at radius 1 is 1.22 bits per heavy atom. The fourth-order valence-electron chi connectivity index (χ4n) is 1.52. The third kappa shape index (κ3) is 5.85. The van der Waals surface area contributed by atoms with Crippen LogP contribution in [-0.2, 0) is 11.3 Å². The average Bonchev–Trinajstić information content (AvgIpc) is 2.26. The Balaban J connectivity index is 2.51. The van der Waals surface area contributed by atoms with Crippen LogP contribution in [0.4, 0.5) is 0 Å². The molecule has 3 nitrogen and oxygen atoms in total. The lowest BCUT2D eigenvalue weighted by molar-refractivity contribution is -0.0164. The first-order chi connectivity index (χ1) is 8.42. The first-order valence-corrected chi connectivity index (χ1v) is 6.91. The monoisotopic (exact) mass is 315 g/mol. The Labute approximate surface area is 118 Å². The summed E-state index contributed by atoms with van der Waals surface area (Å²) >= 11 is 3.47. The van der Waals surface area contributed by atoms with Crippen molar-refractivity contribution in [3.8, 4) is 5.75 Å². The maximum atomic E-state index is 5.75. The van der Waals surface area contributed by atoms with E-state index in [-0.39, 0.29) is 5.60 Å². The topological polar surface area (TPSA) is 30.5 Å². The van der Waals surface area contributed by atoms with Crippen molar-refractivity contribution < 1.29 is 9.47 Å². The van der Waals surface area contributed by atoms with Crippen molar-refractivity contribution in [1.82, 2.24) is 5.32 Å². The number of hydrogen-bond donors (Lipinski definition) is 1. The summed E-state index contributed by atoms with van der Waals surface area (Å²) in [5, 5.41) is 3.13. The smallest absolute Gasteiger partial charge is 0.123 e. The van der Waals surface area contributed by atoms with Gasteiger partial charge in [-0.3, -0.25) is 0 Å². The Morgan fingerprint density at radius 3 is 2.56 bits per heavy atom. The van der Waals surface area contributed by atoms with Crippen molar-refractivity contribution in [1.29, 1.82) is 0 Å². The van der Waals surface area contributed by atoms with E-state index in [4.69, 9.17) is 9.47 Å². The standard InChI is InChI=1S/C14H22BrNO2/c1-14(2,3)18-8-7-17-13-6-5-12(15)9-11(13)10-16-4/h5-6,9,16H,7-8,10H2,1-4H3. The summed E-state index contributed by atoms with van der Waals surface area (Å²) in [6.45, 7) is 8.07. The Hall–Kier alpha value is -0.580. The minimum atomic E-state index is -0.114. The molecule has 18 heavy (non-hydrogen) atoms. The molecule has 0 bridgehead atoms. The van der Waals surface area contributed by atoms with Crippen LogP contribution < -0.4 is 10.1 Å². The third-order valence-electron chi connectivity index (χ3n) is 2.27. The molecule has 0 aromatic heterocycles. The lowest BCUT2D eigenvalue weighted by Gasteiger charge is -2.20. The highest BCUT2D eigenvalue weighted by atomic mass is 79.9. The van der Waals surface area contributed by atoms with Crippen LogP contribution in [0.3, 0.4) is 0 Å². The summed E-state index contributed by atoms with van der Waals surface area (Å²) in [5.41, 5.74) is 1.03. The molecule has 0 saturated carbocycles. The number of halogens is 1. The van der Waals surface area contributed by atoms with Crippen molar-refractivity contribution in [2.75, 3.05) is 20.3 Å². The van der Waals surface area contributed by atoms with E-state index in [1.54, 1.807) is 0 Å². The van der Waals surface area contributed by atoms with Crippen LogP contribution in [0.1, 0.15) is 26.3 Å². The van der Waals surface area contributed by atoms with Crippen LogP contribution in [0.5, 0.6) is 5.75 Å².